The molecule has 1 amide bonds. The smallest absolute Gasteiger partial charge is 0.262 e. The van der Waals surface area contributed by atoms with E-state index >= 15 is 0 Å². The molecule has 1 N–H and O–H groups in total. The summed E-state index contributed by atoms with van der Waals surface area (Å²) in [4.78, 5) is 22.2. The first kappa shape index (κ1) is 18.1. The van der Waals surface area contributed by atoms with Crippen LogP contribution in [-0.2, 0) is 4.79 Å². The van der Waals surface area contributed by atoms with Crippen molar-refractivity contribution in [1.29, 1.82) is 0 Å². The standard InChI is InChI=1S/C22H19N3O2S/c1-14-8-9-15(2)19(11-14)27-13-20(26)24-17-6-3-5-16(12-17)21-25-18-7-4-10-23-22(18)28-21/h3-12H,13H2,1-2H3,(H,24,26). The molecule has 0 aliphatic heterocycles. The first-order valence-electron chi connectivity index (χ1n) is 8.90. The van der Waals surface area contributed by atoms with Gasteiger partial charge >= 0.3 is 0 Å². The topological polar surface area (TPSA) is 64.1 Å². The van der Waals surface area contributed by atoms with Gasteiger partial charge in [0.1, 0.15) is 21.1 Å². The molecule has 5 nitrogen and oxygen atoms in total. The highest BCUT2D eigenvalue weighted by molar-refractivity contribution is 7.21. The van der Waals surface area contributed by atoms with Crippen molar-refractivity contribution in [3.05, 3.63) is 71.9 Å². The third-order valence-electron chi connectivity index (χ3n) is 4.26. The SMILES string of the molecule is Cc1ccc(C)c(OCC(=O)Nc2cccc(-c3nc4cccnc4s3)c2)c1. The van der Waals surface area contributed by atoms with Crippen molar-refractivity contribution >= 4 is 33.3 Å². The van der Waals surface area contributed by atoms with Gasteiger partial charge in [-0.3, -0.25) is 4.79 Å². The molecule has 0 saturated carbocycles. The van der Waals surface area contributed by atoms with Crippen molar-refractivity contribution in [2.24, 2.45) is 0 Å². The lowest BCUT2D eigenvalue weighted by Crippen LogP contribution is -2.20. The number of aryl methyl sites for hydroxylation is 2. The molecule has 0 bridgehead atoms. The number of amides is 1. The van der Waals surface area contributed by atoms with Gasteiger partial charge in [0.05, 0.1) is 0 Å². The molecular weight excluding hydrogens is 370 g/mol. The van der Waals surface area contributed by atoms with E-state index in [1.165, 1.54) is 11.3 Å². The molecule has 6 heteroatoms. The number of thiazole rings is 1. The summed E-state index contributed by atoms with van der Waals surface area (Å²) in [7, 11) is 0. The van der Waals surface area contributed by atoms with Crippen molar-refractivity contribution in [2.45, 2.75) is 13.8 Å². The van der Waals surface area contributed by atoms with Crippen LogP contribution in [0.1, 0.15) is 11.1 Å². The summed E-state index contributed by atoms with van der Waals surface area (Å²) in [5, 5.41) is 3.76. The largest absolute Gasteiger partial charge is 0.483 e. The van der Waals surface area contributed by atoms with E-state index in [-0.39, 0.29) is 12.5 Å². The van der Waals surface area contributed by atoms with E-state index < -0.39 is 0 Å². The van der Waals surface area contributed by atoms with Crippen LogP contribution >= 0.6 is 11.3 Å². The monoisotopic (exact) mass is 389 g/mol. The Bertz CT molecular complexity index is 1120. The van der Waals surface area contributed by atoms with Crippen LogP contribution in [0.2, 0.25) is 0 Å². The second kappa shape index (κ2) is 7.78. The van der Waals surface area contributed by atoms with Crippen LogP contribution in [0.3, 0.4) is 0 Å². The van der Waals surface area contributed by atoms with Crippen LogP contribution in [0.15, 0.2) is 60.8 Å². The molecule has 2 heterocycles. The number of carbonyl (C=O) groups excluding carboxylic acids is 1. The van der Waals surface area contributed by atoms with Gasteiger partial charge in [0, 0.05) is 17.4 Å². The Hall–Kier alpha value is -3.25. The van der Waals surface area contributed by atoms with Crippen LogP contribution in [0.5, 0.6) is 5.75 Å². The zero-order chi connectivity index (χ0) is 19.5. The summed E-state index contributed by atoms with van der Waals surface area (Å²) in [5.41, 5.74) is 4.62. The third kappa shape index (κ3) is 4.02. The number of nitrogens with one attached hydrogen (secondary N) is 1. The van der Waals surface area contributed by atoms with Crippen molar-refractivity contribution < 1.29 is 9.53 Å². The Kier molecular flexibility index (Phi) is 5.04. The number of aromatic nitrogens is 2. The summed E-state index contributed by atoms with van der Waals surface area (Å²) in [6, 6.07) is 17.4. The average Bonchev–Trinajstić information content (AvgIpc) is 3.13. The fourth-order valence-corrected chi connectivity index (χ4v) is 3.73. The molecule has 0 fully saturated rings. The summed E-state index contributed by atoms with van der Waals surface area (Å²) in [5.74, 6) is 0.523. The molecule has 140 valence electrons. The van der Waals surface area contributed by atoms with Gasteiger partial charge in [-0.25, -0.2) is 9.97 Å². The predicted octanol–water partition coefficient (Wildman–Crippen LogP) is 4.99. The maximum atomic E-state index is 12.3. The summed E-state index contributed by atoms with van der Waals surface area (Å²) >= 11 is 1.53. The second-order valence-corrected chi connectivity index (χ2v) is 7.51. The van der Waals surface area contributed by atoms with E-state index in [2.05, 4.69) is 15.3 Å². The Morgan fingerprint density at radius 3 is 2.86 bits per heavy atom. The molecule has 4 aromatic rings. The molecule has 0 aliphatic rings. The number of rotatable bonds is 5. The van der Waals surface area contributed by atoms with Gasteiger partial charge in [-0.1, -0.05) is 35.6 Å². The summed E-state index contributed by atoms with van der Waals surface area (Å²) in [6.45, 7) is 3.91. The van der Waals surface area contributed by atoms with E-state index in [1.807, 2.05) is 68.4 Å². The van der Waals surface area contributed by atoms with E-state index in [0.717, 1.165) is 37.8 Å². The third-order valence-corrected chi connectivity index (χ3v) is 5.29. The molecule has 0 spiro atoms. The average molecular weight is 389 g/mol. The molecule has 0 saturated heterocycles. The number of ether oxygens (including phenoxy) is 1. The van der Waals surface area contributed by atoms with Crippen molar-refractivity contribution in [1.82, 2.24) is 9.97 Å². The number of anilines is 1. The maximum absolute atomic E-state index is 12.3. The van der Waals surface area contributed by atoms with Gasteiger partial charge < -0.3 is 10.1 Å². The highest BCUT2D eigenvalue weighted by atomic mass is 32.1. The Labute approximate surface area is 167 Å². The van der Waals surface area contributed by atoms with Crippen molar-refractivity contribution in [2.75, 3.05) is 11.9 Å². The van der Waals surface area contributed by atoms with Crippen molar-refractivity contribution in [3.63, 3.8) is 0 Å². The highest BCUT2D eigenvalue weighted by Gasteiger charge is 2.10. The molecule has 28 heavy (non-hydrogen) atoms. The fraction of sp³-hybridized carbons (Fsp3) is 0.136. The molecule has 0 radical (unpaired) electrons. The van der Waals surface area contributed by atoms with E-state index in [4.69, 9.17) is 4.74 Å². The molecule has 0 aliphatic carbocycles. The zero-order valence-electron chi connectivity index (χ0n) is 15.6. The minimum atomic E-state index is -0.205. The normalized spacial score (nSPS) is 10.8. The highest BCUT2D eigenvalue weighted by Crippen LogP contribution is 2.30. The lowest BCUT2D eigenvalue weighted by atomic mass is 10.1. The minimum absolute atomic E-state index is 0.0421. The lowest BCUT2D eigenvalue weighted by Gasteiger charge is -2.10. The molecule has 2 aromatic heterocycles. The van der Waals surface area contributed by atoms with Gasteiger partial charge in [0.2, 0.25) is 0 Å². The Morgan fingerprint density at radius 2 is 2.00 bits per heavy atom. The summed E-state index contributed by atoms with van der Waals surface area (Å²) < 4.78 is 5.68. The molecule has 0 atom stereocenters. The van der Waals surface area contributed by atoms with E-state index in [9.17, 15) is 4.79 Å². The molecular formula is C22H19N3O2S. The van der Waals surface area contributed by atoms with Gasteiger partial charge in [-0.05, 0) is 55.3 Å². The number of nitrogens with zero attached hydrogens (tertiary/aromatic N) is 2. The molecule has 0 unspecified atom stereocenters. The van der Waals surface area contributed by atoms with Crippen molar-refractivity contribution in [3.8, 4) is 16.3 Å². The van der Waals surface area contributed by atoms with Crippen LogP contribution in [0.25, 0.3) is 20.9 Å². The van der Waals surface area contributed by atoms with E-state index in [1.54, 1.807) is 6.20 Å². The lowest BCUT2D eigenvalue weighted by molar-refractivity contribution is -0.118. The number of pyridine rings is 1. The van der Waals surface area contributed by atoms with Gasteiger partial charge in [0.15, 0.2) is 6.61 Å². The minimum Gasteiger partial charge on any atom is -0.483 e. The van der Waals surface area contributed by atoms with Gasteiger partial charge in [0.25, 0.3) is 5.91 Å². The number of hydrogen-bond acceptors (Lipinski definition) is 5. The molecule has 2 aromatic carbocycles. The first-order valence-corrected chi connectivity index (χ1v) is 9.72. The van der Waals surface area contributed by atoms with Crippen LogP contribution < -0.4 is 10.1 Å². The number of fused-ring (bicyclic) bond motifs is 1. The first-order chi connectivity index (χ1) is 13.6. The van der Waals surface area contributed by atoms with Crippen LogP contribution in [-0.4, -0.2) is 22.5 Å². The van der Waals surface area contributed by atoms with Crippen LogP contribution in [0, 0.1) is 13.8 Å². The van der Waals surface area contributed by atoms with Gasteiger partial charge in [-0.2, -0.15) is 0 Å². The predicted molar refractivity (Wildman–Crippen MR) is 113 cm³/mol. The van der Waals surface area contributed by atoms with Gasteiger partial charge in [-0.15, -0.1) is 0 Å². The van der Waals surface area contributed by atoms with E-state index in [0.29, 0.717) is 5.69 Å². The maximum Gasteiger partial charge on any atom is 0.262 e. The molecule has 4 rings (SSSR count). The Balaban J connectivity index is 1.45. The Morgan fingerprint density at radius 1 is 1.11 bits per heavy atom. The number of benzene rings is 2. The zero-order valence-corrected chi connectivity index (χ0v) is 16.4. The fourth-order valence-electron chi connectivity index (χ4n) is 2.83. The quantitative estimate of drug-likeness (QED) is 0.522. The second-order valence-electron chi connectivity index (χ2n) is 6.53. The van der Waals surface area contributed by atoms with Crippen LogP contribution in [0.4, 0.5) is 5.69 Å². The number of carbonyl (C=O) groups is 1. The summed E-state index contributed by atoms with van der Waals surface area (Å²) in [6.07, 6.45) is 1.76. The number of hydrogen-bond donors (Lipinski definition) is 1.